The maximum Gasteiger partial charge on any atom is 0.306 e. The van der Waals surface area contributed by atoms with Gasteiger partial charge in [-0.25, -0.2) is 0 Å². The molecule has 4 nitrogen and oxygen atoms in total. The molecular formula is C12H23NO3. The lowest BCUT2D eigenvalue weighted by molar-refractivity contribution is -0.149. The molecule has 94 valence electrons. The predicted molar refractivity (Wildman–Crippen MR) is 62.0 cm³/mol. The van der Waals surface area contributed by atoms with E-state index in [1.165, 1.54) is 0 Å². The Balaban J connectivity index is 2.18. The van der Waals surface area contributed by atoms with Gasteiger partial charge in [0, 0.05) is 12.8 Å². The van der Waals surface area contributed by atoms with Crippen LogP contribution in [0.3, 0.4) is 0 Å². The van der Waals surface area contributed by atoms with E-state index >= 15 is 0 Å². The summed E-state index contributed by atoms with van der Waals surface area (Å²) in [5, 5.41) is 0. The van der Waals surface area contributed by atoms with Crippen molar-refractivity contribution >= 4 is 5.97 Å². The number of ether oxygens (including phenoxy) is 2. The molecule has 4 heteroatoms. The second-order valence-corrected chi connectivity index (χ2v) is 5.18. The van der Waals surface area contributed by atoms with Crippen molar-refractivity contribution in [3.05, 3.63) is 0 Å². The fourth-order valence-electron chi connectivity index (χ4n) is 1.81. The van der Waals surface area contributed by atoms with E-state index in [1.807, 2.05) is 0 Å². The summed E-state index contributed by atoms with van der Waals surface area (Å²) in [5.41, 5.74) is 5.65. The molecule has 0 saturated carbocycles. The van der Waals surface area contributed by atoms with E-state index in [1.54, 1.807) is 0 Å². The van der Waals surface area contributed by atoms with E-state index in [-0.39, 0.29) is 17.5 Å². The SMILES string of the molecule is CC(C)(CCN)CCC(=O)OC1CCOC1. The average molecular weight is 229 g/mol. The minimum Gasteiger partial charge on any atom is -0.460 e. The molecule has 1 unspecified atom stereocenters. The molecule has 0 aromatic heterocycles. The first-order chi connectivity index (χ1) is 7.53. The highest BCUT2D eigenvalue weighted by molar-refractivity contribution is 5.69. The summed E-state index contributed by atoms with van der Waals surface area (Å²) in [6, 6.07) is 0. The van der Waals surface area contributed by atoms with Crippen LogP contribution in [0.1, 0.15) is 39.5 Å². The zero-order valence-electron chi connectivity index (χ0n) is 10.3. The van der Waals surface area contributed by atoms with Crippen molar-refractivity contribution in [2.24, 2.45) is 11.1 Å². The van der Waals surface area contributed by atoms with Crippen LogP contribution < -0.4 is 5.73 Å². The van der Waals surface area contributed by atoms with Crippen LogP contribution in [0.4, 0.5) is 0 Å². The molecule has 0 bridgehead atoms. The molecule has 1 fully saturated rings. The monoisotopic (exact) mass is 229 g/mol. The quantitative estimate of drug-likeness (QED) is 0.701. The Morgan fingerprint density at radius 2 is 2.25 bits per heavy atom. The highest BCUT2D eigenvalue weighted by atomic mass is 16.6. The Kier molecular flexibility index (Phi) is 5.22. The van der Waals surface area contributed by atoms with Gasteiger partial charge in [0.05, 0.1) is 13.2 Å². The fraction of sp³-hybridized carbons (Fsp3) is 0.917. The Morgan fingerprint density at radius 3 is 2.81 bits per heavy atom. The molecule has 1 rings (SSSR count). The second-order valence-electron chi connectivity index (χ2n) is 5.18. The number of rotatable bonds is 6. The molecule has 2 N–H and O–H groups in total. The van der Waals surface area contributed by atoms with Gasteiger partial charge in [-0.3, -0.25) is 4.79 Å². The van der Waals surface area contributed by atoms with E-state index in [2.05, 4.69) is 13.8 Å². The average Bonchev–Trinajstić information content (AvgIpc) is 2.68. The summed E-state index contributed by atoms with van der Waals surface area (Å²) >= 11 is 0. The third-order valence-corrected chi connectivity index (χ3v) is 3.01. The number of nitrogens with two attached hydrogens (primary N) is 1. The Morgan fingerprint density at radius 1 is 1.50 bits per heavy atom. The van der Waals surface area contributed by atoms with Gasteiger partial charge < -0.3 is 15.2 Å². The van der Waals surface area contributed by atoms with Gasteiger partial charge in [-0.05, 0) is 24.8 Å². The van der Waals surface area contributed by atoms with Crippen molar-refractivity contribution < 1.29 is 14.3 Å². The number of carbonyl (C=O) groups excluding carboxylic acids is 1. The van der Waals surface area contributed by atoms with Crippen molar-refractivity contribution in [1.29, 1.82) is 0 Å². The van der Waals surface area contributed by atoms with E-state index in [4.69, 9.17) is 15.2 Å². The van der Waals surface area contributed by atoms with E-state index in [0.29, 0.717) is 26.2 Å². The normalized spacial score (nSPS) is 21.1. The number of esters is 1. The highest BCUT2D eigenvalue weighted by Crippen LogP contribution is 2.26. The molecule has 0 aromatic rings. The van der Waals surface area contributed by atoms with Gasteiger partial charge in [-0.15, -0.1) is 0 Å². The first kappa shape index (κ1) is 13.5. The van der Waals surface area contributed by atoms with Gasteiger partial charge in [-0.2, -0.15) is 0 Å². The third kappa shape index (κ3) is 4.94. The largest absolute Gasteiger partial charge is 0.460 e. The van der Waals surface area contributed by atoms with E-state index in [9.17, 15) is 4.79 Å². The first-order valence-corrected chi connectivity index (χ1v) is 6.01. The highest BCUT2D eigenvalue weighted by Gasteiger charge is 2.22. The van der Waals surface area contributed by atoms with Gasteiger partial charge in [0.2, 0.25) is 0 Å². The predicted octanol–water partition coefficient (Wildman–Crippen LogP) is 1.47. The van der Waals surface area contributed by atoms with Crippen molar-refractivity contribution in [2.75, 3.05) is 19.8 Å². The lowest BCUT2D eigenvalue weighted by Crippen LogP contribution is -2.22. The summed E-state index contributed by atoms with van der Waals surface area (Å²) in [6.45, 7) is 6.19. The van der Waals surface area contributed by atoms with E-state index in [0.717, 1.165) is 19.3 Å². The summed E-state index contributed by atoms with van der Waals surface area (Å²) in [4.78, 5) is 11.5. The molecule has 0 aliphatic carbocycles. The third-order valence-electron chi connectivity index (χ3n) is 3.01. The van der Waals surface area contributed by atoms with Crippen LogP contribution in [0.15, 0.2) is 0 Å². The molecule has 1 aliphatic heterocycles. The number of carbonyl (C=O) groups is 1. The molecule has 0 amide bonds. The summed E-state index contributed by atoms with van der Waals surface area (Å²) < 4.78 is 10.4. The van der Waals surface area contributed by atoms with Gasteiger partial charge >= 0.3 is 5.97 Å². The Labute approximate surface area is 97.5 Å². The van der Waals surface area contributed by atoms with Crippen molar-refractivity contribution in [3.8, 4) is 0 Å². The standard InChI is InChI=1S/C12H23NO3/c1-12(2,6-7-13)5-3-11(14)16-10-4-8-15-9-10/h10H,3-9,13H2,1-2H3. The molecule has 0 radical (unpaired) electrons. The number of hydrogen-bond donors (Lipinski definition) is 1. The van der Waals surface area contributed by atoms with Crippen LogP contribution in [0.2, 0.25) is 0 Å². The molecule has 1 heterocycles. The van der Waals surface area contributed by atoms with Crippen LogP contribution in [-0.2, 0) is 14.3 Å². The summed E-state index contributed by atoms with van der Waals surface area (Å²) in [6.07, 6.45) is 3.05. The lowest BCUT2D eigenvalue weighted by atomic mass is 9.84. The summed E-state index contributed by atoms with van der Waals surface area (Å²) in [7, 11) is 0. The van der Waals surface area contributed by atoms with Crippen LogP contribution in [-0.4, -0.2) is 31.8 Å². The van der Waals surface area contributed by atoms with Crippen LogP contribution in [0.5, 0.6) is 0 Å². The lowest BCUT2D eigenvalue weighted by Gasteiger charge is -2.23. The van der Waals surface area contributed by atoms with Gasteiger partial charge in [-0.1, -0.05) is 13.8 Å². The van der Waals surface area contributed by atoms with E-state index < -0.39 is 0 Å². The fourth-order valence-corrected chi connectivity index (χ4v) is 1.81. The smallest absolute Gasteiger partial charge is 0.306 e. The molecule has 1 atom stereocenters. The summed E-state index contributed by atoms with van der Waals surface area (Å²) in [5.74, 6) is -0.111. The van der Waals surface area contributed by atoms with Gasteiger partial charge in [0.1, 0.15) is 6.10 Å². The van der Waals surface area contributed by atoms with Crippen LogP contribution in [0.25, 0.3) is 0 Å². The second kappa shape index (κ2) is 6.21. The minimum atomic E-state index is -0.111. The molecule has 1 saturated heterocycles. The number of hydrogen-bond acceptors (Lipinski definition) is 4. The van der Waals surface area contributed by atoms with Crippen molar-refractivity contribution in [3.63, 3.8) is 0 Å². The van der Waals surface area contributed by atoms with Crippen LogP contribution in [0, 0.1) is 5.41 Å². The molecule has 0 aromatic carbocycles. The van der Waals surface area contributed by atoms with Gasteiger partial charge in [0.25, 0.3) is 0 Å². The van der Waals surface area contributed by atoms with Gasteiger partial charge in [0.15, 0.2) is 0 Å². The zero-order valence-corrected chi connectivity index (χ0v) is 10.3. The first-order valence-electron chi connectivity index (χ1n) is 6.01. The molecule has 16 heavy (non-hydrogen) atoms. The molecule has 0 spiro atoms. The molecular weight excluding hydrogens is 206 g/mol. The Hall–Kier alpha value is -0.610. The van der Waals surface area contributed by atoms with Crippen molar-refractivity contribution in [1.82, 2.24) is 0 Å². The topological polar surface area (TPSA) is 61.6 Å². The Bertz CT molecular complexity index is 222. The van der Waals surface area contributed by atoms with Crippen molar-refractivity contribution in [2.45, 2.75) is 45.6 Å². The molecule has 1 aliphatic rings. The maximum absolute atomic E-state index is 11.5. The zero-order chi connectivity index (χ0) is 12.0. The van der Waals surface area contributed by atoms with Crippen LogP contribution >= 0.6 is 0 Å². The maximum atomic E-state index is 11.5. The minimum absolute atomic E-state index is 0.0230.